The van der Waals surface area contributed by atoms with Crippen LogP contribution in [0.4, 0.5) is 0 Å². The summed E-state index contributed by atoms with van der Waals surface area (Å²) >= 11 is 0. The third-order valence-electron chi connectivity index (χ3n) is 12.6. The molecule has 386 valence electrons. The molecular weight excluding hydrogens is 842 g/mol. The van der Waals surface area contributed by atoms with E-state index in [9.17, 15) is 23.8 Å². The van der Waals surface area contributed by atoms with Crippen LogP contribution in [0.1, 0.15) is 290 Å². The van der Waals surface area contributed by atoms with E-state index < -0.39 is 51.1 Å². The molecule has 0 saturated carbocycles. The van der Waals surface area contributed by atoms with Crippen molar-refractivity contribution in [3.05, 3.63) is 0 Å². The van der Waals surface area contributed by atoms with E-state index in [2.05, 4.69) is 13.8 Å². The molecule has 3 atom stereocenters. The lowest BCUT2D eigenvalue weighted by atomic mass is 10.0. The third-order valence-corrected chi connectivity index (χ3v) is 13.6. The molecule has 0 aliphatic rings. The smallest absolute Gasteiger partial charge is 0.472 e. The fraction of sp³-hybridized carbons (Fsp3) is 0.943. The zero-order valence-electron chi connectivity index (χ0n) is 42.4. The number of nitrogens with two attached hydrogens (primary N) is 1. The van der Waals surface area contributed by atoms with E-state index in [1.807, 2.05) is 0 Å². The van der Waals surface area contributed by atoms with Gasteiger partial charge in [-0.05, 0) is 12.8 Å². The Kier molecular flexibility index (Phi) is 47.8. The van der Waals surface area contributed by atoms with Crippen molar-refractivity contribution in [1.29, 1.82) is 0 Å². The molecule has 0 fully saturated rings. The van der Waals surface area contributed by atoms with Crippen LogP contribution in [0.3, 0.4) is 0 Å². The fourth-order valence-electron chi connectivity index (χ4n) is 8.31. The molecule has 0 radical (unpaired) electrons. The van der Waals surface area contributed by atoms with Gasteiger partial charge in [-0.1, -0.05) is 264 Å². The van der Waals surface area contributed by atoms with Crippen LogP contribution in [0, 0.1) is 0 Å². The Labute approximate surface area is 399 Å². The number of unbranched alkanes of at least 4 members (excludes halogenated alkanes) is 39. The number of rotatable bonds is 53. The van der Waals surface area contributed by atoms with Gasteiger partial charge in [0.05, 0.1) is 13.2 Å². The first-order chi connectivity index (χ1) is 31.6. The number of hydrogen-bond donors (Lipinski definition) is 3. The van der Waals surface area contributed by atoms with E-state index in [1.54, 1.807) is 0 Å². The summed E-state index contributed by atoms with van der Waals surface area (Å²) in [5.41, 5.74) is 5.36. The van der Waals surface area contributed by atoms with E-state index in [-0.39, 0.29) is 19.4 Å². The SMILES string of the molecule is CCCCCCCCCCCCCCCCCCCCCCCCC(=O)OC(COC(=O)CCCCCCCCCCCCCCCCCCCCC)COP(=O)(O)OCC(N)C(=O)O. The zero-order valence-corrected chi connectivity index (χ0v) is 43.3. The third kappa shape index (κ3) is 48.7. The number of phosphoric ester groups is 1. The van der Waals surface area contributed by atoms with Crippen LogP contribution in [-0.2, 0) is 37.5 Å². The van der Waals surface area contributed by atoms with Crippen molar-refractivity contribution in [3.63, 3.8) is 0 Å². The predicted molar refractivity (Wildman–Crippen MR) is 268 cm³/mol. The highest BCUT2D eigenvalue weighted by atomic mass is 31.2. The Morgan fingerprint density at radius 1 is 0.415 bits per heavy atom. The second-order valence-corrected chi connectivity index (χ2v) is 20.5. The first kappa shape index (κ1) is 63.5. The van der Waals surface area contributed by atoms with Crippen LogP contribution in [0.15, 0.2) is 0 Å². The van der Waals surface area contributed by atoms with Crippen molar-refractivity contribution >= 4 is 25.7 Å². The van der Waals surface area contributed by atoms with Crippen molar-refractivity contribution in [2.75, 3.05) is 19.8 Å². The van der Waals surface area contributed by atoms with Gasteiger partial charge in [0.25, 0.3) is 0 Å². The summed E-state index contributed by atoms with van der Waals surface area (Å²) in [6.07, 6.45) is 51.7. The molecule has 0 aliphatic carbocycles. The highest BCUT2D eigenvalue weighted by Crippen LogP contribution is 2.43. The van der Waals surface area contributed by atoms with E-state index in [0.717, 1.165) is 38.5 Å². The number of phosphoric acid groups is 1. The van der Waals surface area contributed by atoms with E-state index in [4.69, 9.17) is 29.4 Å². The molecule has 0 aliphatic heterocycles. The van der Waals surface area contributed by atoms with Crippen LogP contribution < -0.4 is 5.73 Å². The molecule has 0 aromatic rings. The molecule has 0 bridgehead atoms. The molecule has 11 nitrogen and oxygen atoms in total. The van der Waals surface area contributed by atoms with Crippen molar-refractivity contribution in [3.8, 4) is 0 Å². The number of hydrogen-bond acceptors (Lipinski definition) is 9. The lowest BCUT2D eigenvalue weighted by Crippen LogP contribution is -2.34. The Morgan fingerprint density at radius 2 is 0.677 bits per heavy atom. The molecule has 0 heterocycles. The summed E-state index contributed by atoms with van der Waals surface area (Å²) in [7, 11) is -4.72. The molecule has 65 heavy (non-hydrogen) atoms. The van der Waals surface area contributed by atoms with Gasteiger partial charge in [0.1, 0.15) is 12.6 Å². The van der Waals surface area contributed by atoms with Crippen molar-refractivity contribution in [2.24, 2.45) is 5.73 Å². The number of carbonyl (C=O) groups excluding carboxylic acids is 2. The molecule has 0 aromatic heterocycles. The first-order valence-corrected chi connectivity index (χ1v) is 29.1. The molecular formula is C53H104NO10P. The Bertz CT molecular complexity index is 1110. The largest absolute Gasteiger partial charge is 0.480 e. The molecule has 4 N–H and O–H groups in total. The minimum Gasteiger partial charge on any atom is -0.480 e. The summed E-state index contributed by atoms with van der Waals surface area (Å²) in [4.78, 5) is 46.3. The molecule has 3 unspecified atom stereocenters. The first-order valence-electron chi connectivity index (χ1n) is 27.6. The maximum Gasteiger partial charge on any atom is 0.472 e. The zero-order chi connectivity index (χ0) is 47.7. The molecule has 0 rings (SSSR count). The van der Waals surface area contributed by atoms with Crippen molar-refractivity contribution in [2.45, 2.75) is 302 Å². The lowest BCUT2D eigenvalue weighted by Gasteiger charge is -2.20. The van der Waals surface area contributed by atoms with Gasteiger partial charge in [-0.25, -0.2) is 4.57 Å². The number of aliphatic carboxylic acids is 1. The highest BCUT2D eigenvalue weighted by molar-refractivity contribution is 7.47. The van der Waals surface area contributed by atoms with Gasteiger partial charge >= 0.3 is 25.7 Å². The standard InChI is InChI=1S/C53H104NO10P/c1-3-5-7-9-11-13-15-17-19-21-23-24-25-27-29-31-33-35-37-39-41-43-45-52(56)64-49(47-62-65(59,60)63-48-50(54)53(57)58)46-61-51(55)44-42-40-38-36-34-32-30-28-26-22-20-18-16-14-12-10-8-6-4-2/h49-50H,3-48,54H2,1-2H3,(H,57,58)(H,59,60). The predicted octanol–water partition coefficient (Wildman–Crippen LogP) is 15.8. The Balaban J connectivity index is 4.14. The van der Waals surface area contributed by atoms with Crippen molar-refractivity contribution in [1.82, 2.24) is 0 Å². The fourth-order valence-corrected chi connectivity index (χ4v) is 9.08. The maximum absolute atomic E-state index is 12.7. The van der Waals surface area contributed by atoms with Crippen LogP contribution in [0.25, 0.3) is 0 Å². The topological polar surface area (TPSA) is 172 Å². The van der Waals surface area contributed by atoms with Crippen LogP contribution >= 0.6 is 7.82 Å². The second kappa shape index (κ2) is 48.9. The number of carboxylic acids is 1. The minimum absolute atomic E-state index is 0.170. The monoisotopic (exact) mass is 946 g/mol. The minimum atomic E-state index is -4.72. The average Bonchev–Trinajstić information content (AvgIpc) is 3.28. The number of carboxylic acid groups (broad SMARTS) is 1. The second-order valence-electron chi connectivity index (χ2n) is 19.1. The van der Waals surface area contributed by atoms with Gasteiger partial charge in [0.15, 0.2) is 6.10 Å². The summed E-state index contributed by atoms with van der Waals surface area (Å²) in [5.74, 6) is -2.35. The molecule has 0 saturated heterocycles. The molecule has 0 amide bonds. The van der Waals surface area contributed by atoms with Gasteiger partial charge in [0.2, 0.25) is 0 Å². The summed E-state index contributed by atoms with van der Waals surface area (Å²) in [6.45, 7) is 2.88. The molecule has 0 aromatic carbocycles. The van der Waals surface area contributed by atoms with Gasteiger partial charge in [-0.15, -0.1) is 0 Å². The molecule has 0 spiro atoms. The highest BCUT2D eigenvalue weighted by Gasteiger charge is 2.28. The normalized spacial score (nSPS) is 13.4. The van der Waals surface area contributed by atoms with E-state index >= 15 is 0 Å². The van der Waals surface area contributed by atoms with Gasteiger partial charge in [-0.3, -0.25) is 23.4 Å². The maximum atomic E-state index is 12.7. The Hall–Kier alpha value is -1.52. The van der Waals surface area contributed by atoms with Crippen LogP contribution in [-0.4, -0.2) is 59.9 Å². The van der Waals surface area contributed by atoms with Crippen LogP contribution in [0.5, 0.6) is 0 Å². The van der Waals surface area contributed by atoms with E-state index in [1.165, 1.54) is 212 Å². The number of esters is 2. The summed E-state index contributed by atoms with van der Waals surface area (Å²) in [5, 5.41) is 8.93. The quantitative estimate of drug-likeness (QED) is 0.0301. The van der Waals surface area contributed by atoms with Crippen molar-refractivity contribution < 1.29 is 47.5 Å². The molecule has 12 heteroatoms. The Morgan fingerprint density at radius 3 is 0.969 bits per heavy atom. The lowest BCUT2D eigenvalue weighted by molar-refractivity contribution is -0.161. The summed E-state index contributed by atoms with van der Waals surface area (Å²) in [6, 6.07) is -1.52. The van der Waals surface area contributed by atoms with Gasteiger partial charge in [0, 0.05) is 12.8 Å². The van der Waals surface area contributed by atoms with Gasteiger partial charge < -0.3 is 25.2 Å². The average molecular weight is 946 g/mol. The summed E-state index contributed by atoms with van der Waals surface area (Å²) < 4.78 is 32.9. The van der Waals surface area contributed by atoms with Crippen LogP contribution in [0.2, 0.25) is 0 Å². The number of carbonyl (C=O) groups is 3. The van der Waals surface area contributed by atoms with Gasteiger partial charge in [-0.2, -0.15) is 0 Å². The van der Waals surface area contributed by atoms with E-state index in [0.29, 0.717) is 12.8 Å². The number of ether oxygens (including phenoxy) is 2.